The Morgan fingerprint density at radius 3 is 2.62 bits per heavy atom. The Bertz CT molecular complexity index is 404. The number of aliphatic hydroxyl groups is 1. The Morgan fingerprint density at radius 2 is 2.06 bits per heavy atom. The van der Waals surface area contributed by atoms with Crippen LogP contribution >= 0.6 is 11.6 Å². The molecule has 0 spiro atoms. The van der Waals surface area contributed by atoms with Crippen LogP contribution in [0.1, 0.15) is 31.4 Å². The maximum Gasteiger partial charge on any atom is 0.142 e. The van der Waals surface area contributed by atoms with Crippen molar-refractivity contribution in [2.24, 2.45) is 0 Å². The minimum Gasteiger partial charge on any atom is -0.388 e. The van der Waals surface area contributed by atoms with E-state index in [0.717, 1.165) is 17.7 Å². The minimum absolute atomic E-state index is 0.0866. The zero-order valence-corrected chi connectivity index (χ0v) is 9.69. The van der Waals surface area contributed by atoms with Crippen molar-refractivity contribution in [3.05, 3.63) is 46.5 Å². The number of rotatable bonds is 4. The van der Waals surface area contributed by atoms with E-state index in [4.69, 9.17) is 11.6 Å². The Kier molecular flexibility index (Phi) is 4.44. The van der Waals surface area contributed by atoms with Gasteiger partial charge in [-0.3, -0.25) is 0 Å². The molecule has 4 heteroatoms. The van der Waals surface area contributed by atoms with Crippen LogP contribution in [-0.4, -0.2) is 5.11 Å². The lowest BCUT2D eigenvalue weighted by atomic mass is 10.0. The molecule has 0 aliphatic carbocycles. The molecule has 1 aromatic carbocycles. The van der Waals surface area contributed by atoms with E-state index in [-0.39, 0.29) is 17.0 Å². The van der Waals surface area contributed by atoms with Crippen LogP contribution in [0, 0.1) is 11.6 Å². The molecule has 0 amide bonds. The van der Waals surface area contributed by atoms with Crippen LogP contribution < -0.4 is 0 Å². The number of benzene rings is 1. The first-order valence-corrected chi connectivity index (χ1v) is 5.32. The molecule has 1 aromatic rings. The molecule has 0 bridgehead atoms. The van der Waals surface area contributed by atoms with Gasteiger partial charge in [-0.05, 0) is 25.0 Å². The quantitative estimate of drug-likeness (QED) is 0.629. The highest BCUT2D eigenvalue weighted by atomic mass is 35.5. The Balaban J connectivity index is 2.95. The lowest BCUT2D eigenvalue weighted by Crippen LogP contribution is -2.03. The Morgan fingerprint density at radius 1 is 1.44 bits per heavy atom. The van der Waals surface area contributed by atoms with E-state index in [1.807, 2.05) is 6.92 Å². The first-order valence-electron chi connectivity index (χ1n) is 4.94. The van der Waals surface area contributed by atoms with E-state index in [1.54, 1.807) is 0 Å². The van der Waals surface area contributed by atoms with Crippen molar-refractivity contribution in [2.75, 3.05) is 0 Å². The zero-order chi connectivity index (χ0) is 12.3. The van der Waals surface area contributed by atoms with Gasteiger partial charge >= 0.3 is 0 Å². The van der Waals surface area contributed by atoms with Crippen molar-refractivity contribution in [1.29, 1.82) is 0 Å². The van der Waals surface area contributed by atoms with Gasteiger partial charge in [-0.2, -0.15) is 0 Å². The van der Waals surface area contributed by atoms with E-state index in [1.165, 1.54) is 0 Å². The number of hydrogen-bond donors (Lipinski definition) is 1. The molecule has 88 valence electrons. The summed E-state index contributed by atoms with van der Waals surface area (Å²) in [4.78, 5) is 0. The summed E-state index contributed by atoms with van der Waals surface area (Å²) < 4.78 is 26.5. The van der Waals surface area contributed by atoms with E-state index >= 15 is 0 Å². The summed E-state index contributed by atoms with van der Waals surface area (Å²) in [6.07, 6.45) is -0.178. The molecule has 1 nitrogen and oxygen atoms in total. The highest BCUT2D eigenvalue weighted by Gasteiger charge is 2.16. The second kappa shape index (κ2) is 5.41. The number of hydrogen-bond acceptors (Lipinski definition) is 1. The first kappa shape index (κ1) is 13.1. The molecule has 0 saturated heterocycles. The van der Waals surface area contributed by atoms with Crippen LogP contribution in [0.25, 0.3) is 0 Å². The molecule has 1 N–H and O–H groups in total. The van der Waals surface area contributed by atoms with Crippen molar-refractivity contribution in [2.45, 2.75) is 25.9 Å². The van der Waals surface area contributed by atoms with Gasteiger partial charge in [0.25, 0.3) is 0 Å². The third-order valence-corrected chi connectivity index (χ3v) is 2.67. The fourth-order valence-electron chi connectivity index (χ4n) is 1.32. The molecule has 0 saturated carbocycles. The monoisotopic (exact) mass is 246 g/mol. The van der Waals surface area contributed by atoms with Crippen molar-refractivity contribution in [1.82, 2.24) is 0 Å². The van der Waals surface area contributed by atoms with Gasteiger partial charge < -0.3 is 5.11 Å². The molecule has 1 unspecified atom stereocenters. The fraction of sp³-hybridized carbons (Fsp3) is 0.333. The molecule has 0 aromatic heterocycles. The minimum atomic E-state index is -1.08. The maximum absolute atomic E-state index is 13.4. The van der Waals surface area contributed by atoms with Gasteiger partial charge in [0, 0.05) is 5.56 Å². The maximum atomic E-state index is 13.4. The van der Waals surface area contributed by atoms with Crippen molar-refractivity contribution in [3.8, 4) is 0 Å². The standard InChI is InChI=1S/C12H13ClF2O/c1-3-7(2)4-12(16)8-5-11(15)9(13)6-10(8)14/h5-6,12,16H,2-4H2,1H3. The third kappa shape index (κ3) is 3.03. The van der Waals surface area contributed by atoms with Crippen LogP contribution in [0.5, 0.6) is 0 Å². The lowest BCUT2D eigenvalue weighted by Gasteiger charge is -2.13. The highest BCUT2D eigenvalue weighted by Crippen LogP contribution is 2.27. The SMILES string of the molecule is C=C(CC)CC(O)c1cc(F)c(Cl)cc1F. The molecule has 0 aliphatic rings. The molecule has 0 fully saturated rings. The van der Waals surface area contributed by atoms with Gasteiger partial charge in [0.05, 0.1) is 11.1 Å². The summed E-state index contributed by atoms with van der Waals surface area (Å²) >= 11 is 5.41. The average molecular weight is 247 g/mol. The van der Waals surface area contributed by atoms with E-state index in [2.05, 4.69) is 6.58 Å². The molecule has 0 heterocycles. The summed E-state index contributed by atoms with van der Waals surface area (Å²) in [6.45, 7) is 5.59. The van der Waals surface area contributed by atoms with Crippen molar-refractivity contribution < 1.29 is 13.9 Å². The van der Waals surface area contributed by atoms with Gasteiger partial charge in [0.1, 0.15) is 11.6 Å². The molecule has 1 rings (SSSR count). The van der Waals surface area contributed by atoms with E-state index in [9.17, 15) is 13.9 Å². The summed E-state index contributed by atoms with van der Waals surface area (Å²) in [7, 11) is 0. The number of halogens is 3. The fourth-order valence-corrected chi connectivity index (χ4v) is 1.47. The molecular formula is C12H13ClF2O. The Hall–Kier alpha value is -0.930. The Labute approximate surface area is 98.4 Å². The van der Waals surface area contributed by atoms with Gasteiger partial charge in [-0.15, -0.1) is 0 Å². The van der Waals surface area contributed by atoms with Crippen LogP contribution in [0.15, 0.2) is 24.3 Å². The van der Waals surface area contributed by atoms with Crippen LogP contribution in [0.3, 0.4) is 0 Å². The summed E-state index contributed by atoms with van der Waals surface area (Å²) in [6, 6.07) is 1.79. The molecule has 1 atom stereocenters. The van der Waals surface area contributed by atoms with Gasteiger partial charge in [0.2, 0.25) is 0 Å². The summed E-state index contributed by atoms with van der Waals surface area (Å²) in [5.74, 6) is -1.44. The lowest BCUT2D eigenvalue weighted by molar-refractivity contribution is 0.172. The summed E-state index contributed by atoms with van der Waals surface area (Å²) in [5.41, 5.74) is 0.693. The smallest absolute Gasteiger partial charge is 0.142 e. The average Bonchev–Trinajstić information content (AvgIpc) is 2.23. The van der Waals surface area contributed by atoms with Crippen molar-refractivity contribution >= 4 is 11.6 Å². The van der Waals surface area contributed by atoms with Crippen LogP contribution in [-0.2, 0) is 0 Å². The second-order valence-corrected chi connectivity index (χ2v) is 4.02. The predicted molar refractivity (Wildman–Crippen MR) is 60.4 cm³/mol. The first-order chi connectivity index (χ1) is 7.45. The largest absolute Gasteiger partial charge is 0.388 e. The predicted octanol–water partition coefficient (Wildman–Crippen LogP) is 4.01. The topological polar surface area (TPSA) is 20.2 Å². The zero-order valence-electron chi connectivity index (χ0n) is 8.93. The molecule has 0 radical (unpaired) electrons. The molecular weight excluding hydrogens is 234 g/mol. The van der Waals surface area contributed by atoms with E-state index < -0.39 is 17.7 Å². The van der Waals surface area contributed by atoms with Crippen LogP contribution in [0.2, 0.25) is 5.02 Å². The number of aliphatic hydroxyl groups excluding tert-OH is 1. The normalized spacial score (nSPS) is 12.6. The third-order valence-electron chi connectivity index (χ3n) is 2.38. The van der Waals surface area contributed by atoms with Crippen LogP contribution in [0.4, 0.5) is 8.78 Å². The highest BCUT2D eigenvalue weighted by molar-refractivity contribution is 6.30. The van der Waals surface area contributed by atoms with Gasteiger partial charge in [-0.25, -0.2) is 8.78 Å². The second-order valence-electron chi connectivity index (χ2n) is 3.61. The van der Waals surface area contributed by atoms with E-state index in [0.29, 0.717) is 6.42 Å². The van der Waals surface area contributed by atoms with Crippen molar-refractivity contribution in [3.63, 3.8) is 0 Å². The van der Waals surface area contributed by atoms with Gasteiger partial charge in [-0.1, -0.05) is 30.7 Å². The van der Waals surface area contributed by atoms with Gasteiger partial charge in [0.15, 0.2) is 0 Å². The molecule has 16 heavy (non-hydrogen) atoms. The summed E-state index contributed by atoms with van der Waals surface area (Å²) in [5, 5.41) is 9.42. The molecule has 0 aliphatic heterocycles.